The molecule has 1 aromatic rings. The van der Waals surface area contributed by atoms with Gasteiger partial charge >= 0.3 is 6.09 Å². The minimum atomic E-state index is -0.157. The average molecular weight is 385 g/mol. The molecule has 3 aliphatic rings. The number of amides is 1. The van der Waals surface area contributed by atoms with Gasteiger partial charge in [0, 0.05) is 43.7 Å². The van der Waals surface area contributed by atoms with Crippen molar-refractivity contribution in [1.82, 2.24) is 20.7 Å². The highest BCUT2D eigenvalue weighted by Gasteiger charge is 2.40. The Balaban J connectivity index is 1.32. The third-order valence-electron chi connectivity index (χ3n) is 6.39. The fourth-order valence-corrected chi connectivity index (χ4v) is 4.79. The SMILES string of the molecule is CCOC(=O)N1CCC(N2CCC3NNC(/C=C/c4ccccc4)C3C2)CC1. The molecule has 152 valence electrons. The predicted molar refractivity (Wildman–Crippen MR) is 111 cm³/mol. The lowest BCUT2D eigenvalue weighted by molar-refractivity contribution is 0.0548. The summed E-state index contributed by atoms with van der Waals surface area (Å²) >= 11 is 0. The largest absolute Gasteiger partial charge is 0.450 e. The summed E-state index contributed by atoms with van der Waals surface area (Å²) in [4.78, 5) is 16.4. The second kappa shape index (κ2) is 9.07. The molecule has 0 bridgehead atoms. The maximum Gasteiger partial charge on any atom is 0.409 e. The smallest absolute Gasteiger partial charge is 0.409 e. The normalized spacial score (nSPS) is 29.2. The Bertz CT molecular complexity index is 672. The van der Waals surface area contributed by atoms with E-state index in [4.69, 9.17) is 4.74 Å². The highest BCUT2D eigenvalue weighted by molar-refractivity contribution is 5.67. The number of carbonyl (C=O) groups is 1. The molecule has 3 unspecified atom stereocenters. The van der Waals surface area contributed by atoms with Crippen LogP contribution >= 0.6 is 0 Å². The summed E-state index contributed by atoms with van der Waals surface area (Å²) in [6.45, 7) is 6.17. The van der Waals surface area contributed by atoms with E-state index in [0.29, 0.717) is 30.7 Å². The number of hydrazine groups is 1. The van der Waals surface area contributed by atoms with E-state index in [2.05, 4.69) is 58.2 Å². The Labute approximate surface area is 167 Å². The summed E-state index contributed by atoms with van der Waals surface area (Å²) in [5.41, 5.74) is 8.24. The molecule has 3 saturated heterocycles. The van der Waals surface area contributed by atoms with Crippen molar-refractivity contribution in [1.29, 1.82) is 0 Å². The van der Waals surface area contributed by atoms with Crippen molar-refractivity contribution in [2.24, 2.45) is 5.92 Å². The van der Waals surface area contributed by atoms with Crippen LogP contribution in [0.15, 0.2) is 36.4 Å². The Hall–Kier alpha value is -1.89. The van der Waals surface area contributed by atoms with Crippen molar-refractivity contribution in [3.63, 3.8) is 0 Å². The highest BCUT2D eigenvalue weighted by atomic mass is 16.6. The van der Waals surface area contributed by atoms with Gasteiger partial charge < -0.3 is 9.64 Å². The van der Waals surface area contributed by atoms with Gasteiger partial charge in [-0.15, -0.1) is 0 Å². The highest BCUT2D eigenvalue weighted by Crippen LogP contribution is 2.29. The molecule has 0 radical (unpaired) electrons. The third kappa shape index (κ3) is 4.40. The van der Waals surface area contributed by atoms with Crippen LogP contribution in [0, 0.1) is 5.92 Å². The maximum atomic E-state index is 11.9. The zero-order valence-electron chi connectivity index (χ0n) is 16.7. The first kappa shape index (κ1) is 19.4. The Morgan fingerprint density at radius 1 is 1.14 bits per heavy atom. The van der Waals surface area contributed by atoms with Gasteiger partial charge in [-0.3, -0.25) is 15.8 Å². The van der Waals surface area contributed by atoms with E-state index >= 15 is 0 Å². The van der Waals surface area contributed by atoms with E-state index in [1.165, 1.54) is 12.0 Å². The zero-order valence-corrected chi connectivity index (χ0v) is 16.7. The fourth-order valence-electron chi connectivity index (χ4n) is 4.79. The summed E-state index contributed by atoms with van der Waals surface area (Å²) < 4.78 is 5.15. The van der Waals surface area contributed by atoms with E-state index in [0.717, 1.165) is 39.0 Å². The number of rotatable bonds is 4. The van der Waals surface area contributed by atoms with Crippen LogP contribution in [0.5, 0.6) is 0 Å². The van der Waals surface area contributed by atoms with Crippen LogP contribution in [0.3, 0.4) is 0 Å². The predicted octanol–water partition coefficient (Wildman–Crippen LogP) is 2.49. The topological polar surface area (TPSA) is 56.8 Å². The number of benzene rings is 1. The van der Waals surface area contributed by atoms with E-state index in [9.17, 15) is 4.79 Å². The van der Waals surface area contributed by atoms with Gasteiger partial charge in [0.2, 0.25) is 0 Å². The molecule has 6 nitrogen and oxygen atoms in total. The molecule has 3 fully saturated rings. The average Bonchev–Trinajstić information content (AvgIpc) is 3.15. The Morgan fingerprint density at radius 2 is 1.93 bits per heavy atom. The van der Waals surface area contributed by atoms with Crippen LogP contribution in [0.1, 0.15) is 31.7 Å². The number of nitrogens with one attached hydrogen (secondary N) is 2. The van der Waals surface area contributed by atoms with E-state index in [1.807, 2.05) is 11.8 Å². The molecule has 4 rings (SSSR count). The Kier molecular flexibility index (Phi) is 6.29. The lowest BCUT2D eigenvalue weighted by Crippen LogP contribution is -2.53. The van der Waals surface area contributed by atoms with Gasteiger partial charge in [-0.2, -0.15) is 0 Å². The van der Waals surface area contributed by atoms with Gasteiger partial charge in [0.1, 0.15) is 0 Å². The summed E-state index contributed by atoms with van der Waals surface area (Å²) in [5, 5.41) is 0. The van der Waals surface area contributed by atoms with Gasteiger partial charge in [-0.25, -0.2) is 4.79 Å². The molecule has 3 atom stereocenters. The minimum Gasteiger partial charge on any atom is -0.450 e. The van der Waals surface area contributed by atoms with Crippen molar-refractivity contribution in [2.75, 3.05) is 32.8 Å². The fraction of sp³-hybridized carbons (Fsp3) is 0.591. The molecule has 3 heterocycles. The minimum absolute atomic E-state index is 0.157. The first-order valence-electron chi connectivity index (χ1n) is 10.6. The molecular weight excluding hydrogens is 352 g/mol. The first-order valence-corrected chi connectivity index (χ1v) is 10.6. The van der Waals surface area contributed by atoms with Crippen LogP contribution in [-0.2, 0) is 4.74 Å². The van der Waals surface area contributed by atoms with Gasteiger partial charge in [0.25, 0.3) is 0 Å². The maximum absolute atomic E-state index is 11.9. The number of hydrogen-bond acceptors (Lipinski definition) is 5. The molecule has 2 N–H and O–H groups in total. The van der Waals surface area contributed by atoms with Crippen LogP contribution in [0.25, 0.3) is 6.08 Å². The molecule has 0 aliphatic carbocycles. The van der Waals surface area contributed by atoms with Gasteiger partial charge in [0.05, 0.1) is 6.61 Å². The number of fused-ring (bicyclic) bond motifs is 1. The molecule has 1 aromatic carbocycles. The zero-order chi connectivity index (χ0) is 19.3. The second-order valence-corrected chi connectivity index (χ2v) is 8.06. The van der Waals surface area contributed by atoms with Crippen LogP contribution in [-0.4, -0.2) is 66.8 Å². The van der Waals surface area contributed by atoms with Crippen LogP contribution in [0.2, 0.25) is 0 Å². The molecule has 6 heteroatoms. The summed E-state index contributed by atoms with van der Waals surface area (Å²) in [6.07, 6.45) is 7.63. The third-order valence-corrected chi connectivity index (χ3v) is 6.39. The molecular formula is C22H32N4O2. The second-order valence-electron chi connectivity index (χ2n) is 8.06. The molecule has 0 saturated carbocycles. The van der Waals surface area contributed by atoms with E-state index in [-0.39, 0.29) is 6.09 Å². The van der Waals surface area contributed by atoms with Crippen molar-refractivity contribution in [3.05, 3.63) is 42.0 Å². The summed E-state index contributed by atoms with van der Waals surface area (Å²) in [7, 11) is 0. The molecule has 3 aliphatic heterocycles. The summed E-state index contributed by atoms with van der Waals surface area (Å²) in [6, 6.07) is 12.0. The van der Waals surface area contributed by atoms with Crippen molar-refractivity contribution < 1.29 is 9.53 Å². The van der Waals surface area contributed by atoms with Crippen LogP contribution in [0.4, 0.5) is 4.79 Å². The van der Waals surface area contributed by atoms with Crippen molar-refractivity contribution in [3.8, 4) is 0 Å². The van der Waals surface area contributed by atoms with Crippen LogP contribution < -0.4 is 10.9 Å². The lowest BCUT2D eigenvalue weighted by Gasteiger charge is -2.43. The molecule has 1 amide bonds. The van der Waals surface area contributed by atoms with E-state index < -0.39 is 0 Å². The van der Waals surface area contributed by atoms with Crippen molar-refractivity contribution in [2.45, 2.75) is 44.3 Å². The van der Waals surface area contributed by atoms with E-state index in [1.54, 1.807) is 0 Å². The van der Waals surface area contributed by atoms with Gasteiger partial charge in [-0.1, -0.05) is 42.5 Å². The first-order chi connectivity index (χ1) is 13.7. The quantitative estimate of drug-likeness (QED) is 0.835. The van der Waals surface area contributed by atoms with Gasteiger partial charge in [0.15, 0.2) is 0 Å². The Morgan fingerprint density at radius 3 is 2.68 bits per heavy atom. The lowest BCUT2D eigenvalue weighted by atomic mass is 9.86. The number of piperidine rings is 2. The number of likely N-dealkylation sites (tertiary alicyclic amines) is 2. The number of ether oxygens (including phenoxy) is 1. The van der Waals surface area contributed by atoms with Gasteiger partial charge in [-0.05, 0) is 38.3 Å². The van der Waals surface area contributed by atoms with Crippen molar-refractivity contribution >= 4 is 12.2 Å². The number of nitrogens with zero attached hydrogens (tertiary/aromatic N) is 2. The summed E-state index contributed by atoms with van der Waals surface area (Å²) in [5.74, 6) is 0.580. The molecule has 0 aromatic heterocycles. The number of hydrogen-bond donors (Lipinski definition) is 2. The monoisotopic (exact) mass is 384 g/mol. The standard InChI is InChI=1S/C22H32N4O2/c1-2-28-22(27)25-13-10-18(11-14-25)26-15-12-21-19(16-26)20(23-24-21)9-8-17-6-4-3-5-7-17/h3-9,18-21,23-24H,2,10-16H2,1H3/b9-8+. The molecule has 0 spiro atoms. The molecule has 28 heavy (non-hydrogen) atoms. The number of carbonyl (C=O) groups excluding carboxylic acids is 1.